The molecule has 3 N–H and O–H groups in total. The van der Waals surface area contributed by atoms with Crippen molar-refractivity contribution in [3.63, 3.8) is 0 Å². The third-order valence-electron chi connectivity index (χ3n) is 6.71. The van der Waals surface area contributed by atoms with Crippen LogP contribution in [0.4, 0.5) is 0 Å². The first-order valence-electron chi connectivity index (χ1n) is 10.9. The van der Waals surface area contributed by atoms with Crippen LogP contribution in [0.2, 0.25) is 0 Å². The number of rotatable bonds is 7. The zero-order valence-corrected chi connectivity index (χ0v) is 20.2. The Bertz CT molecular complexity index is 997. The molecular formula is C24H32N4O3S. The second-order valence-electron chi connectivity index (χ2n) is 9.36. The molecule has 0 aliphatic carbocycles. The number of carbonyl (C=O) groups is 3. The van der Waals surface area contributed by atoms with Crippen LogP contribution in [0.3, 0.4) is 0 Å². The molecule has 1 aromatic heterocycles. The minimum absolute atomic E-state index is 0.0238. The van der Waals surface area contributed by atoms with E-state index < -0.39 is 17.5 Å². The highest BCUT2D eigenvalue weighted by Gasteiger charge is 2.44. The van der Waals surface area contributed by atoms with Gasteiger partial charge in [0.15, 0.2) is 5.78 Å². The highest BCUT2D eigenvalue weighted by atomic mass is 32.1. The number of nitrogens with one attached hydrogen (secondary N) is 1. The molecular weight excluding hydrogens is 424 g/mol. The molecule has 1 aliphatic heterocycles. The number of hydrogen-bond donors (Lipinski definition) is 2. The van der Waals surface area contributed by atoms with Crippen LogP contribution < -0.4 is 11.1 Å². The van der Waals surface area contributed by atoms with Gasteiger partial charge in [-0.1, -0.05) is 52.0 Å². The standard InChI is InChI=1S/C24H32N4O3S/c1-14(2)24(4,5)21(25)23(31)28-12-18(29)10-19(28)22(30)26-11-16-6-8-17(9-7-16)20-15(3)27-13-32-20/h6-9,13-14,19,21H,10-12,25H2,1-5H3,(H,26,30)/t19-,21+/m0/s1. The van der Waals surface area contributed by atoms with Gasteiger partial charge < -0.3 is 16.0 Å². The number of thiazole rings is 1. The number of amides is 2. The van der Waals surface area contributed by atoms with E-state index in [0.717, 1.165) is 21.7 Å². The largest absolute Gasteiger partial charge is 0.350 e. The summed E-state index contributed by atoms with van der Waals surface area (Å²) in [5, 5.41) is 2.88. The molecule has 0 radical (unpaired) electrons. The van der Waals surface area contributed by atoms with Crippen LogP contribution in [0.25, 0.3) is 10.4 Å². The molecule has 32 heavy (non-hydrogen) atoms. The van der Waals surface area contributed by atoms with E-state index in [1.165, 1.54) is 4.90 Å². The number of Topliss-reactive ketones (excluding diaryl/α,β-unsaturated/α-hetero) is 1. The number of likely N-dealkylation sites (tertiary alicyclic amines) is 1. The molecule has 1 saturated heterocycles. The SMILES string of the molecule is Cc1ncsc1-c1ccc(CNC(=O)[C@@H]2CC(=O)CN2C(=O)[C@@H](N)C(C)(C)C(C)C)cc1. The van der Waals surface area contributed by atoms with Gasteiger partial charge in [-0.05, 0) is 29.4 Å². The Morgan fingerprint density at radius 2 is 1.94 bits per heavy atom. The summed E-state index contributed by atoms with van der Waals surface area (Å²) in [4.78, 5) is 44.8. The molecule has 2 amide bonds. The topological polar surface area (TPSA) is 105 Å². The first-order chi connectivity index (χ1) is 15.0. The molecule has 2 atom stereocenters. The number of benzene rings is 1. The average Bonchev–Trinajstić information content (AvgIpc) is 3.36. The van der Waals surface area contributed by atoms with Crippen molar-refractivity contribution in [1.82, 2.24) is 15.2 Å². The maximum absolute atomic E-state index is 13.1. The maximum Gasteiger partial charge on any atom is 0.243 e. The van der Waals surface area contributed by atoms with Gasteiger partial charge in [0.2, 0.25) is 11.8 Å². The molecule has 172 valence electrons. The summed E-state index contributed by atoms with van der Waals surface area (Å²) in [5.74, 6) is -0.638. The summed E-state index contributed by atoms with van der Waals surface area (Å²) in [6, 6.07) is 6.32. The molecule has 2 heterocycles. The van der Waals surface area contributed by atoms with E-state index in [4.69, 9.17) is 5.73 Å². The number of aromatic nitrogens is 1. The maximum atomic E-state index is 13.1. The van der Waals surface area contributed by atoms with Crippen molar-refractivity contribution in [3.8, 4) is 10.4 Å². The lowest BCUT2D eigenvalue weighted by molar-refractivity contribution is -0.142. The van der Waals surface area contributed by atoms with E-state index in [-0.39, 0.29) is 36.5 Å². The lowest BCUT2D eigenvalue weighted by atomic mass is 9.74. The minimum atomic E-state index is -0.817. The van der Waals surface area contributed by atoms with Crippen LogP contribution in [-0.2, 0) is 20.9 Å². The van der Waals surface area contributed by atoms with Crippen molar-refractivity contribution in [2.45, 2.75) is 59.7 Å². The smallest absolute Gasteiger partial charge is 0.243 e. The minimum Gasteiger partial charge on any atom is -0.350 e. The highest BCUT2D eigenvalue weighted by molar-refractivity contribution is 7.13. The van der Waals surface area contributed by atoms with Crippen LogP contribution in [0.15, 0.2) is 29.8 Å². The first-order valence-corrected chi connectivity index (χ1v) is 11.7. The van der Waals surface area contributed by atoms with Gasteiger partial charge in [0.1, 0.15) is 6.04 Å². The highest BCUT2D eigenvalue weighted by Crippen LogP contribution is 2.31. The normalized spacial score (nSPS) is 17.7. The summed E-state index contributed by atoms with van der Waals surface area (Å²) >= 11 is 1.59. The van der Waals surface area contributed by atoms with E-state index in [2.05, 4.69) is 10.3 Å². The third-order valence-corrected chi connectivity index (χ3v) is 7.69. The van der Waals surface area contributed by atoms with Gasteiger partial charge in [-0.25, -0.2) is 4.98 Å². The summed E-state index contributed by atoms with van der Waals surface area (Å²) in [7, 11) is 0. The molecule has 0 saturated carbocycles. The zero-order chi connectivity index (χ0) is 23.6. The molecule has 8 heteroatoms. The van der Waals surface area contributed by atoms with Gasteiger partial charge in [-0.2, -0.15) is 0 Å². The molecule has 0 spiro atoms. The number of ketones is 1. The predicted molar refractivity (Wildman–Crippen MR) is 126 cm³/mol. The summed E-state index contributed by atoms with van der Waals surface area (Å²) < 4.78 is 0. The fourth-order valence-corrected chi connectivity index (χ4v) is 4.48. The molecule has 2 aromatic rings. The first kappa shape index (κ1) is 24.1. The number of aryl methyl sites for hydroxylation is 1. The monoisotopic (exact) mass is 456 g/mol. The van der Waals surface area contributed by atoms with Crippen LogP contribution in [0.1, 0.15) is 45.4 Å². The predicted octanol–water partition coefficient (Wildman–Crippen LogP) is 2.91. The Balaban J connectivity index is 1.65. The van der Waals surface area contributed by atoms with E-state index in [1.54, 1.807) is 11.3 Å². The van der Waals surface area contributed by atoms with Crippen molar-refractivity contribution < 1.29 is 14.4 Å². The van der Waals surface area contributed by atoms with E-state index in [9.17, 15) is 14.4 Å². The number of nitrogens with zero attached hydrogens (tertiary/aromatic N) is 2. The molecule has 7 nitrogen and oxygen atoms in total. The second kappa shape index (κ2) is 9.50. The Kier molecular flexibility index (Phi) is 7.15. The lowest BCUT2D eigenvalue weighted by Gasteiger charge is -2.37. The van der Waals surface area contributed by atoms with Crippen LogP contribution in [0.5, 0.6) is 0 Å². The van der Waals surface area contributed by atoms with Crippen molar-refractivity contribution >= 4 is 28.9 Å². The molecule has 1 aliphatic rings. The Morgan fingerprint density at radius 1 is 1.28 bits per heavy atom. The Labute approximate surface area is 193 Å². The van der Waals surface area contributed by atoms with Gasteiger partial charge >= 0.3 is 0 Å². The number of nitrogens with two attached hydrogens (primary N) is 1. The van der Waals surface area contributed by atoms with Crippen LogP contribution in [-0.4, -0.2) is 46.1 Å². The number of carbonyl (C=O) groups excluding carboxylic acids is 3. The Hall–Kier alpha value is -2.58. The molecule has 0 unspecified atom stereocenters. The van der Waals surface area contributed by atoms with Gasteiger partial charge in [-0.15, -0.1) is 11.3 Å². The fraction of sp³-hybridized carbons (Fsp3) is 0.500. The van der Waals surface area contributed by atoms with Crippen LogP contribution >= 0.6 is 11.3 Å². The molecule has 1 fully saturated rings. The van der Waals surface area contributed by atoms with Crippen molar-refractivity contribution in [3.05, 3.63) is 41.0 Å². The van der Waals surface area contributed by atoms with E-state index >= 15 is 0 Å². The van der Waals surface area contributed by atoms with Gasteiger partial charge in [0.25, 0.3) is 0 Å². The van der Waals surface area contributed by atoms with Gasteiger partial charge in [0, 0.05) is 13.0 Å². The van der Waals surface area contributed by atoms with Crippen LogP contribution in [0, 0.1) is 18.3 Å². The zero-order valence-electron chi connectivity index (χ0n) is 19.3. The van der Waals surface area contributed by atoms with E-state index in [1.807, 2.05) is 64.4 Å². The summed E-state index contributed by atoms with van der Waals surface area (Å²) in [6.45, 7) is 10.1. The molecule has 0 bridgehead atoms. The van der Waals surface area contributed by atoms with Crippen molar-refractivity contribution in [2.75, 3.05) is 6.54 Å². The lowest BCUT2D eigenvalue weighted by Crippen LogP contribution is -2.56. The van der Waals surface area contributed by atoms with Crippen molar-refractivity contribution in [1.29, 1.82) is 0 Å². The van der Waals surface area contributed by atoms with E-state index in [0.29, 0.717) is 6.54 Å². The quantitative estimate of drug-likeness (QED) is 0.666. The van der Waals surface area contributed by atoms with Gasteiger partial charge in [0.05, 0.1) is 28.7 Å². The van der Waals surface area contributed by atoms with Gasteiger partial charge in [-0.3, -0.25) is 14.4 Å². The molecule has 3 rings (SSSR count). The second-order valence-corrected chi connectivity index (χ2v) is 10.2. The summed E-state index contributed by atoms with van der Waals surface area (Å²) in [5.41, 5.74) is 10.7. The fourth-order valence-electron chi connectivity index (χ4n) is 3.67. The molecule has 1 aromatic carbocycles. The van der Waals surface area contributed by atoms with Crippen molar-refractivity contribution in [2.24, 2.45) is 17.1 Å². The number of hydrogen-bond acceptors (Lipinski definition) is 6. The summed E-state index contributed by atoms with van der Waals surface area (Å²) in [6.07, 6.45) is 0.0238. The third kappa shape index (κ3) is 4.91. The average molecular weight is 457 g/mol. The Morgan fingerprint density at radius 3 is 2.50 bits per heavy atom.